The van der Waals surface area contributed by atoms with Crippen LogP contribution in [0.2, 0.25) is 0 Å². The molecule has 0 spiro atoms. The Bertz CT molecular complexity index is 805. The van der Waals surface area contributed by atoms with Crippen LogP contribution in [-0.2, 0) is 10.0 Å². The Balaban J connectivity index is 2.23. The fourth-order valence-electron chi connectivity index (χ4n) is 1.94. The van der Waals surface area contributed by atoms with Crippen LogP contribution in [0.15, 0.2) is 54.1 Å². The van der Waals surface area contributed by atoms with Gasteiger partial charge in [-0.3, -0.25) is 4.72 Å². The molecule has 2 rings (SSSR count). The first-order chi connectivity index (χ1) is 11.5. The van der Waals surface area contributed by atoms with E-state index in [4.69, 9.17) is 9.47 Å². The van der Waals surface area contributed by atoms with Crippen LogP contribution in [0.5, 0.6) is 11.5 Å². The van der Waals surface area contributed by atoms with Crippen LogP contribution in [0.3, 0.4) is 0 Å². The van der Waals surface area contributed by atoms with Crippen LogP contribution in [-0.4, -0.2) is 34.2 Å². The van der Waals surface area contributed by atoms with Crippen molar-refractivity contribution in [2.75, 3.05) is 30.8 Å². The third kappa shape index (κ3) is 4.17. The molecule has 0 saturated heterocycles. The number of pyridine rings is 1. The van der Waals surface area contributed by atoms with Crippen molar-refractivity contribution in [1.29, 1.82) is 0 Å². The van der Waals surface area contributed by atoms with E-state index in [2.05, 4.69) is 21.6 Å². The van der Waals surface area contributed by atoms with E-state index in [1.807, 2.05) is 0 Å². The highest BCUT2D eigenvalue weighted by atomic mass is 32.2. The van der Waals surface area contributed by atoms with Gasteiger partial charge in [-0.25, -0.2) is 13.4 Å². The van der Waals surface area contributed by atoms with Crippen LogP contribution in [0.1, 0.15) is 0 Å². The number of nitrogens with zero attached hydrogens (tertiary/aromatic N) is 1. The lowest BCUT2D eigenvalue weighted by molar-refractivity contribution is 0.386. The average molecular weight is 349 g/mol. The quantitative estimate of drug-likeness (QED) is 0.712. The Morgan fingerprint density at radius 1 is 1.21 bits per heavy atom. The van der Waals surface area contributed by atoms with Gasteiger partial charge in [0.1, 0.15) is 22.2 Å². The predicted octanol–water partition coefficient (Wildman–Crippen LogP) is 2.50. The summed E-state index contributed by atoms with van der Waals surface area (Å²) in [6.07, 6.45) is 3.25. The van der Waals surface area contributed by atoms with E-state index in [9.17, 15) is 8.42 Å². The van der Waals surface area contributed by atoms with Gasteiger partial charge in [0.25, 0.3) is 10.0 Å². The number of aromatic nitrogens is 1. The van der Waals surface area contributed by atoms with E-state index < -0.39 is 10.0 Å². The van der Waals surface area contributed by atoms with Gasteiger partial charge in [-0.1, -0.05) is 6.08 Å². The summed E-state index contributed by atoms with van der Waals surface area (Å²) >= 11 is 0. The van der Waals surface area contributed by atoms with Crippen molar-refractivity contribution in [2.24, 2.45) is 0 Å². The van der Waals surface area contributed by atoms with Gasteiger partial charge < -0.3 is 14.8 Å². The molecular weight excluding hydrogens is 330 g/mol. The minimum atomic E-state index is -3.84. The number of benzene rings is 1. The van der Waals surface area contributed by atoms with Crippen LogP contribution >= 0.6 is 0 Å². The Morgan fingerprint density at radius 2 is 2.00 bits per heavy atom. The largest absolute Gasteiger partial charge is 0.497 e. The maximum Gasteiger partial charge on any atom is 0.266 e. The van der Waals surface area contributed by atoms with E-state index in [0.717, 1.165) is 5.69 Å². The van der Waals surface area contributed by atoms with Crippen LogP contribution in [0.4, 0.5) is 11.5 Å². The second kappa shape index (κ2) is 7.69. The van der Waals surface area contributed by atoms with Gasteiger partial charge in [-0.15, -0.1) is 6.58 Å². The molecule has 7 nitrogen and oxygen atoms in total. The first-order valence-corrected chi connectivity index (χ1v) is 8.54. The zero-order chi connectivity index (χ0) is 17.6. The summed E-state index contributed by atoms with van der Waals surface area (Å²) in [5.74, 6) is 0.893. The number of methoxy groups -OCH3 is 2. The molecule has 0 aliphatic rings. The molecule has 0 amide bonds. The molecule has 1 heterocycles. The first kappa shape index (κ1) is 17.6. The Hall–Kier alpha value is -2.74. The maximum absolute atomic E-state index is 12.5. The fraction of sp³-hybridized carbons (Fsp3) is 0.188. The summed E-state index contributed by atoms with van der Waals surface area (Å²) in [6.45, 7) is 4.20. The summed E-state index contributed by atoms with van der Waals surface area (Å²) in [5, 5.41) is 3.06. The summed E-state index contributed by atoms with van der Waals surface area (Å²) in [7, 11) is -0.952. The number of hydrogen-bond donors (Lipinski definition) is 2. The van der Waals surface area contributed by atoms with Gasteiger partial charge in [0.2, 0.25) is 0 Å². The van der Waals surface area contributed by atoms with Crippen molar-refractivity contribution in [3.63, 3.8) is 0 Å². The highest BCUT2D eigenvalue weighted by Gasteiger charge is 2.20. The molecule has 24 heavy (non-hydrogen) atoms. The lowest BCUT2D eigenvalue weighted by Crippen LogP contribution is -2.15. The number of nitrogens with one attached hydrogen (secondary N) is 2. The molecule has 0 bridgehead atoms. The fourth-order valence-corrected chi connectivity index (χ4v) is 3.10. The Labute approximate surface area is 141 Å². The minimum Gasteiger partial charge on any atom is -0.497 e. The summed E-state index contributed by atoms with van der Waals surface area (Å²) in [5.41, 5.74) is 0.764. The van der Waals surface area contributed by atoms with Gasteiger partial charge in [0, 0.05) is 12.6 Å². The average Bonchev–Trinajstić information content (AvgIpc) is 2.60. The molecule has 1 aromatic heterocycles. The van der Waals surface area contributed by atoms with Crippen LogP contribution < -0.4 is 19.5 Å². The summed E-state index contributed by atoms with van der Waals surface area (Å²) in [6, 6.07) is 7.76. The highest BCUT2D eigenvalue weighted by Crippen LogP contribution is 2.29. The van der Waals surface area contributed by atoms with Crippen molar-refractivity contribution >= 4 is 21.5 Å². The summed E-state index contributed by atoms with van der Waals surface area (Å²) < 4.78 is 37.7. The maximum atomic E-state index is 12.5. The van der Waals surface area contributed by atoms with Crippen LogP contribution in [0.25, 0.3) is 0 Å². The third-order valence-electron chi connectivity index (χ3n) is 3.11. The van der Waals surface area contributed by atoms with E-state index in [0.29, 0.717) is 12.3 Å². The molecule has 2 aromatic rings. The highest BCUT2D eigenvalue weighted by molar-refractivity contribution is 7.92. The number of hydrogen-bond acceptors (Lipinski definition) is 6. The van der Waals surface area contributed by atoms with Gasteiger partial charge in [0.15, 0.2) is 0 Å². The number of rotatable bonds is 8. The van der Waals surface area contributed by atoms with Crippen molar-refractivity contribution in [3.8, 4) is 11.5 Å². The number of ether oxygens (including phenoxy) is 2. The van der Waals surface area contributed by atoms with Crippen molar-refractivity contribution < 1.29 is 17.9 Å². The topological polar surface area (TPSA) is 89.5 Å². The standard InChI is InChI=1S/C16H19N3O4S/c1-4-9-17-12-5-8-16(18-11-12)19-24(20,21)15-7-6-13(22-2)10-14(15)23-3/h4-8,10-11,17H,1,9H2,2-3H3,(H,18,19). The molecule has 0 fully saturated rings. The molecule has 0 aliphatic heterocycles. The second-order valence-corrected chi connectivity index (χ2v) is 6.37. The summed E-state index contributed by atoms with van der Waals surface area (Å²) in [4.78, 5) is 4.08. The minimum absolute atomic E-state index is 0.00135. The van der Waals surface area contributed by atoms with Gasteiger partial charge in [0.05, 0.1) is 26.1 Å². The molecule has 0 unspecified atom stereocenters. The zero-order valence-corrected chi connectivity index (χ0v) is 14.3. The van der Waals surface area contributed by atoms with Crippen molar-refractivity contribution in [3.05, 3.63) is 49.2 Å². The third-order valence-corrected chi connectivity index (χ3v) is 4.51. The van der Waals surface area contributed by atoms with Crippen molar-refractivity contribution in [2.45, 2.75) is 4.90 Å². The monoisotopic (exact) mass is 349 g/mol. The van der Waals surface area contributed by atoms with Crippen molar-refractivity contribution in [1.82, 2.24) is 4.98 Å². The first-order valence-electron chi connectivity index (χ1n) is 7.06. The molecule has 8 heteroatoms. The molecule has 2 N–H and O–H groups in total. The number of sulfonamides is 1. The van der Waals surface area contributed by atoms with E-state index in [-0.39, 0.29) is 16.5 Å². The smallest absolute Gasteiger partial charge is 0.266 e. The SMILES string of the molecule is C=CCNc1ccc(NS(=O)(=O)c2ccc(OC)cc2OC)nc1. The lowest BCUT2D eigenvalue weighted by Gasteiger charge is -2.12. The predicted molar refractivity (Wildman–Crippen MR) is 93.3 cm³/mol. The molecule has 1 aromatic carbocycles. The second-order valence-electron chi connectivity index (χ2n) is 4.72. The Morgan fingerprint density at radius 3 is 2.58 bits per heavy atom. The molecule has 0 saturated carbocycles. The zero-order valence-electron chi connectivity index (χ0n) is 13.4. The molecule has 0 radical (unpaired) electrons. The van der Waals surface area contributed by atoms with E-state index >= 15 is 0 Å². The lowest BCUT2D eigenvalue weighted by atomic mass is 10.3. The molecule has 0 aliphatic carbocycles. The number of anilines is 2. The van der Waals surface area contributed by atoms with Gasteiger partial charge in [-0.2, -0.15) is 0 Å². The van der Waals surface area contributed by atoms with Gasteiger partial charge in [-0.05, 0) is 24.3 Å². The Kier molecular flexibility index (Phi) is 5.64. The van der Waals surface area contributed by atoms with E-state index in [1.54, 1.807) is 24.3 Å². The molecule has 0 atom stereocenters. The van der Waals surface area contributed by atoms with Crippen LogP contribution in [0, 0.1) is 0 Å². The molecular formula is C16H19N3O4S. The van der Waals surface area contributed by atoms with E-state index in [1.165, 1.54) is 32.5 Å². The van der Waals surface area contributed by atoms with Gasteiger partial charge >= 0.3 is 0 Å². The molecule has 128 valence electrons. The normalized spacial score (nSPS) is 10.8.